The largest absolute Gasteiger partial charge is 0.366 e. The lowest BCUT2D eigenvalue weighted by Crippen LogP contribution is -2.48. The highest BCUT2D eigenvalue weighted by Crippen LogP contribution is 2.43. The average Bonchev–Trinajstić information content (AvgIpc) is 2.60. The maximum absolute atomic E-state index is 9.61. The molecule has 1 unspecified atom stereocenters. The maximum atomic E-state index is 9.61. The lowest BCUT2D eigenvalue weighted by molar-refractivity contribution is 0.381. The van der Waals surface area contributed by atoms with Crippen LogP contribution in [0.1, 0.15) is 56.7 Å². The second kappa shape index (κ2) is 7.29. The summed E-state index contributed by atoms with van der Waals surface area (Å²) in [5.74, 6) is 0.509. The maximum Gasteiger partial charge on any atom is 0.0998 e. The Bertz CT molecular complexity index is 872. The van der Waals surface area contributed by atoms with Gasteiger partial charge in [-0.3, -0.25) is 0 Å². The van der Waals surface area contributed by atoms with Crippen LogP contribution in [-0.4, -0.2) is 12.1 Å². The summed E-state index contributed by atoms with van der Waals surface area (Å²) in [6.07, 6.45) is 3.13. The summed E-state index contributed by atoms with van der Waals surface area (Å²) in [6, 6.07) is 16.8. The molecule has 1 aliphatic rings. The van der Waals surface area contributed by atoms with Crippen LogP contribution in [0.5, 0.6) is 0 Å². The zero-order valence-electron chi connectivity index (χ0n) is 15.9. The number of anilines is 1. The molecule has 0 spiro atoms. The summed E-state index contributed by atoms with van der Waals surface area (Å²) in [6.45, 7) is 10.2. The normalized spacial score (nSPS) is 19.0. The lowest BCUT2D eigenvalue weighted by atomic mass is 9.79. The Labute approximate surface area is 165 Å². The fraction of sp³-hybridized carbons (Fsp3) is 0.348. The number of benzene rings is 2. The molecule has 2 aromatic carbocycles. The molecule has 3 rings (SSSR count). The molecule has 1 atom stereocenters. The van der Waals surface area contributed by atoms with E-state index < -0.39 is 0 Å². The molecule has 134 valence electrons. The summed E-state index contributed by atoms with van der Waals surface area (Å²) in [5.41, 5.74) is 5.61. The summed E-state index contributed by atoms with van der Waals surface area (Å²) in [5, 5.41) is 9.61. The van der Waals surface area contributed by atoms with Gasteiger partial charge in [0, 0.05) is 22.2 Å². The molecule has 0 bridgehead atoms. The van der Waals surface area contributed by atoms with Crippen molar-refractivity contribution in [2.75, 3.05) is 11.4 Å². The standard InChI is InChI=1S/C23H25BrN2/c1-5-26-22-11-6-17(13-21(22)16(2)14-23(26,3)4)12-19(15-25)18-7-9-20(24)10-8-18/h6-13,16H,5,14H2,1-4H3/b19-12+. The van der Waals surface area contributed by atoms with Crippen molar-refractivity contribution in [2.45, 2.75) is 45.6 Å². The van der Waals surface area contributed by atoms with Gasteiger partial charge in [-0.2, -0.15) is 5.26 Å². The van der Waals surface area contributed by atoms with E-state index >= 15 is 0 Å². The van der Waals surface area contributed by atoms with Crippen LogP contribution < -0.4 is 4.90 Å². The number of allylic oxidation sites excluding steroid dienone is 1. The second-order valence-electron chi connectivity index (χ2n) is 7.66. The van der Waals surface area contributed by atoms with E-state index in [9.17, 15) is 5.26 Å². The minimum Gasteiger partial charge on any atom is -0.366 e. The Morgan fingerprint density at radius 3 is 2.58 bits per heavy atom. The first-order chi connectivity index (χ1) is 12.4. The van der Waals surface area contributed by atoms with E-state index in [1.54, 1.807) is 0 Å². The first-order valence-corrected chi connectivity index (χ1v) is 9.94. The van der Waals surface area contributed by atoms with Crippen molar-refractivity contribution in [2.24, 2.45) is 0 Å². The summed E-state index contributed by atoms with van der Waals surface area (Å²) in [4.78, 5) is 2.50. The summed E-state index contributed by atoms with van der Waals surface area (Å²) < 4.78 is 1.02. The minimum absolute atomic E-state index is 0.174. The van der Waals surface area contributed by atoms with E-state index in [-0.39, 0.29) is 5.54 Å². The Kier molecular flexibility index (Phi) is 5.25. The fourth-order valence-corrected chi connectivity index (χ4v) is 4.44. The Morgan fingerprint density at radius 1 is 1.27 bits per heavy atom. The van der Waals surface area contributed by atoms with E-state index in [1.165, 1.54) is 11.3 Å². The minimum atomic E-state index is 0.174. The number of nitriles is 1. The van der Waals surface area contributed by atoms with Crippen molar-refractivity contribution >= 4 is 33.3 Å². The third-order valence-electron chi connectivity index (χ3n) is 5.31. The van der Waals surface area contributed by atoms with Crippen molar-refractivity contribution in [3.63, 3.8) is 0 Å². The van der Waals surface area contributed by atoms with Gasteiger partial charge >= 0.3 is 0 Å². The topological polar surface area (TPSA) is 27.0 Å². The molecule has 1 heterocycles. The first-order valence-electron chi connectivity index (χ1n) is 9.15. The van der Waals surface area contributed by atoms with Gasteiger partial charge in [0.25, 0.3) is 0 Å². The van der Waals surface area contributed by atoms with Gasteiger partial charge in [0.1, 0.15) is 0 Å². The van der Waals surface area contributed by atoms with Gasteiger partial charge in [0.15, 0.2) is 0 Å². The molecule has 0 saturated heterocycles. The molecule has 2 aromatic rings. The average molecular weight is 409 g/mol. The zero-order valence-corrected chi connectivity index (χ0v) is 17.5. The van der Waals surface area contributed by atoms with Crippen molar-refractivity contribution in [1.29, 1.82) is 5.26 Å². The van der Waals surface area contributed by atoms with Crippen molar-refractivity contribution < 1.29 is 0 Å². The third kappa shape index (κ3) is 3.57. The molecule has 3 heteroatoms. The molecule has 2 nitrogen and oxygen atoms in total. The first kappa shape index (κ1) is 18.7. The Hall–Kier alpha value is -2.05. The number of hydrogen-bond acceptors (Lipinski definition) is 2. The van der Waals surface area contributed by atoms with Crippen LogP contribution >= 0.6 is 15.9 Å². The molecule has 0 N–H and O–H groups in total. The highest BCUT2D eigenvalue weighted by Gasteiger charge is 2.35. The fourth-order valence-electron chi connectivity index (χ4n) is 4.17. The molecule has 0 saturated carbocycles. The highest BCUT2D eigenvalue weighted by molar-refractivity contribution is 9.10. The van der Waals surface area contributed by atoms with Gasteiger partial charge in [-0.25, -0.2) is 0 Å². The summed E-state index contributed by atoms with van der Waals surface area (Å²) in [7, 11) is 0. The van der Waals surface area contributed by atoms with Gasteiger partial charge in [-0.15, -0.1) is 0 Å². The quantitative estimate of drug-likeness (QED) is 0.421. The van der Waals surface area contributed by atoms with E-state index in [0.29, 0.717) is 11.5 Å². The molecule has 1 aliphatic heterocycles. The van der Waals surface area contributed by atoms with E-state index in [2.05, 4.69) is 72.8 Å². The third-order valence-corrected chi connectivity index (χ3v) is 5.84. The SMILES string of the molecule is CCN1c2ccc(/C=C(\C#N)c3ccc(Br)cc3)cc2C(C)CC1(C)C. The summed E-state index contributed by atoms with van der Waals surface area (Å²) >= 11 is 3.45. The Morgan fingerprint density at radius 2 is 1.96 bits per heavy atom. The predicted octanol–water partition coefficient (Wildman–Crippen LogP) is 6.63. The van der Waals surface area contributed by atoms with Crippen molar-refractivity contribution in [3.05, 3.63) is 63.6 Å². The number of halogens is 1. The molecule has 0 radical (unpaired) electrons. The van der Waals surface area contributed by atoms with Crippen LogP contribution in [0.25, 0.3) is 11.6 Å². The predicted molar refractivity (Wildman–Crippen MR) is 114 cm³/mol. The smallest absolute Gasteiger partial charge is 0.0998 e. The van der Waals surface area contributed by atoms with Crippen LogP contribution in [0.4, 0.5) is 5.69 Å². The van der Waals surface area contributed by atoms with Crippen LogP contribution in [0.15, 0.2) is 46.9 Å². The van der Waals surface area contributed by atoms with Crippen LogP contribution in [0, 0.1) is 11.3 Å². The molecule has 0 aromatic heterocycles. The van der Waals surface area contributed by atoms with Gasteiger partial charge in [0.2, 0.25) is 0 Å². The molecule has 0 amide bonds. The molecule has 26 heavy (non-hydrogen) atoms. The molecule has 0 aliphatic carbocycles. The molecular formula is C23H25BrN2. The Balaban J connectivity index is 2.02. The highest BCUT2D eigenvalue weighted by atomic mass is 79.9. The lowest BCUT2D eigenvalue weighted by Gasteiger charge is -2.47. The van der Waals surface area contributed by atoms with E-state index in [1.807, 2.05) is 30.3 Å². The number of fused-ring (bicyclic) bond motifs is 1. The van der Waals surface area contributed by atoms with Crippen LogP contribution in [-0.2, 0) is 0 Å². The van der Waals surface area contributed by atoms with Gasteiger partial charge in [0.05, 0.1) is 11.6 Å². The number of rotatable bonds is 3. The van der Waals surface area contributed by atoms with Crippen molar-refractivity contribution in [1.82, 2.24) is 0 Å². The van der Waals surface area contributed by atoms with Crippen LogP contribution in [0.2, 0.25) is 0 Å². The molecule has 0 fully saturated rings. The van der Waals surface area contributed by atoms with Gasteiger partial charge in [-0.05, 0) is 80.1 Å². The van der Waals surface area contributed by atoms with Gasteiger partial charge < -0.3 is 4.90 Å². The number of nitrogens with zero attached hydrogens (tertiary/aromatic N) is 2. The van der Waals surface area contributed by atoms with E-state index in [4.69, 9.17) is 0 Å². The van der Waals surface area contributed by atoms with Gasteiger partial charge in [-0.1, -0.05) is 41.1 Å². The zero-order chi connectivity index (χ0) is 18.9. The molecular weight excluding hydrogens is 384 g/mol. The van der Waals surface area contributed by atoms with E-state index in [0.717, 1.165) is 28.6 Å². The number of hydrogen-bond donors (Lipinski definition) is 0. The van der Waals surface area contributed by atoms with Crippen molar-refractivity contribution in [3.8, 4) is 6.07 Å². The monoisotopic (exact) mass is 408 g/mol. The van der Waals surface area contributed by atoms with Crippen LogP contribution in [0.3, 0.4) is 0 Å². The second-order valence-corrected chi connectivity index (χ2v) is 8.57.